The summed E-state index contributed by atoms with van der Waals surface area (Å²) in [5, 5.41) is 0. The van der Waals surface area contributed by atoms with Crippen LogP contribution in [0.1, 0.15) is 30.5 Å². The van der Waals surface area contributed by atoms with Crippen molar-refractivity contribution >= 4 is 34.4 Å². The van der Waals surface area contributed by atoms with Crippen LogP contribution in [0.5, 0.6) is 0 Å². The first-order valence-electron chi connectivity index (χ1n) is 12.0. The van der Waals surface area contributed by atoms with Crippen LogP contribution in [0.2, 0.25) is 0 Å². The molecule has 37 heavy (non-hydrogen) atoms. The first-order valence-corrected chi connectivity index (χ1v) is 12.0. The molecule has 3 aliphatic rings. The van der Waals surface area contributed by atoms with E-state index in [4.69, 9.17) is 0 Å². The van der Waals surface area contributed by atoms with E-state index in [1.165, 1.54) is 12.1 Å². The van der Waals surface area contributed by atoms with Crippen LogP contribution in [-0.4, -0.2) is 17.6 Å². The van der Waals surface area contributed by atoms with E-state index in [9.17, 15) is 27.6 Å². The number of alkyl halides is 3. The van der Waals surface area contributed by atoms with Gasteiger partial charge in [0.1, 0.15) is 0 Å². The molecule has 1 heterocycles. The predicted molar refractivity (Wildman–Crippen MR) is 132 cm³/mol. The van der Waals surface area contributed by atoms with Gasteiger partial charge in [-0.2, -0.15) is 13.2 Å². The molecule has 3 aromatic carbocycles. The standard InChI is InChI=1S/C30H22F3NO3/c1-28-21(17-10-5-3-6-11-17)22(18-12-7-4-8-13-18)29(2,27(28)37)24-23(28)25(35)34(26(24)36)20-15-9-14-19(16-20)30(31,32)33/h3-16,23-24H,1-2H3/t23-,24-,28-,29+/m1/s1. The number of carbonyl (C=O) groups excluding carboxylic acids is 3. The van der Waals surface area contributed by atoms with Gasteiger partial charge >= 0.3 is 6.18 Å². The summed E-state index contributed by atoms with van der Waals surface area (Å²) in [6.07, 6.45) is -4.63. The van der Waals surface area contributed by atoms with Gasteiger partial charge in [0.25, 0.3) is 0 Å². The van der Waals surface area contributed by atoms with E-state index < -0.39 is 46.2 Å². The number of fused-ring (bicyclic) bond motifs is 5. The van der Waals surface area contributed by atoms with Crippen molar-refractivity contribution in [2.24, 2.45) is 22.7 Å². The maximum Gasteiger partial charge on any atom is 0.416 e. The molecule has 7 heteroatoms. The number of benzene rings is 3. The summed E-state index contributed by atoms with van der Waals surface area (Å²) in [7, 11) is 0. The fraction of sp³-hybridized carbons (Fsp3) is 0.233. The quantitative estimate of drug-likeness (QED) is 0.412. The summed E-state index contributed by atoms with van der Waals surface area (Å²) >= 11 is 0. The number of nitrogens with zero attached hydrogens (tertiary/aromatic N) is 1. The number of rotatable bonds is 3. The van der Waals surface area contributed by atoms with Gasteiger partial charge in [0.2, 0.25) is 11.8 Å². The molecule has 0 radical (unpaired) electrons. The van der Waals surface area contributed by atoms with Crippen molar-refractivity contribution in [3.05, 3.63) is 102 Å². The highest BCUT2D eigenvalue weighted by Crippen LogP contribution is 2.73. The third-order valence-electron chi connectivity index (χ3n) is 8.34. The lowest BCUT2D eigenvalue weighted by molar-refractivity contribution is -0.137. The van der Waals surface area contributed by atoms with Crippen molar-refractivity contribution in [3.63, 3.8) is 0 Å². The topological polar surface area (TPSA) is 54.5 Å². The Balaban J connectivity index is 1.58. The lowest BCUT2D eigenvalue weighted by Crippen LogP contribution is -2.40. The molecule has 0 N–H and O–H groups in total. The monoisotopic (exact) mass is 501 g/mol. The average Bonchev–Trinajstić information content (AvgIpc) is 3.34. The van der Waals surface area contributed by atoms with E-state index >= 15 is 0 Å². The van der Waals surface area contributed by atoms with Crippen molar-refractivity contribution < 1.29 is 27.6 Å². The van der Waals surface area contributed by atoms with Crippen molar-refractivity contribution in [2.45, 2.75) is 20.0 Å². The molecule has 1 aliphatic heterocycles. The number of hydrogen-bond acceptors (Lipinski definition) is 3. The maximum absolute atomic E-state index is 14.2. The van der Waals surface area contributed by atoms with Crippen LogP contribution >= 0.6 is 0 Å². The normalized spacial score (nSPS) is 28.9. The third-order valence-corrected chi connectivity index (χ3v) is 8.34. The van der Waals surface area contributed by atoms with E-state index in [0.717, 1.165) is 28.2 Å². The summed E-state index contributed by atoms with van der Waals surface area (Å²) in [6.45, 7) is 3.41. The number of carbonyl (C=O) groups is 3. The molecule has 3 aromatic rings. The van der Waals surface area contributed by atoms with E-state index in [1.54, 1.807) is 13.8 Å². The van der Waals surface area contributed by atoms with Crippen LogP contribution < -0.4 is 4.90 Å². The second-order valence-corrected chi connectivity index (χ2v) is 10.2. The molecule has 2 amide bonds. The molecular weight excluding hydrogens is 479 g/mol. The number of amides is 2. The Bertz CT molecular complexity index is 1430. The van der Waals surface area contributed by atoms with E-state index in [-0.39, 0.29) is 11.5 Å². The molecule has 2 bridgehead atoms. The van der Waals surface area contributed by atoms with Crippen LogP contribution in [0.15, 0.2) is 84.9 Å². The zero-order valence-electron chi connectivity index (χ0n) is 20.0. The van der Waals surface area contributed by atoms with Gasteiger partial charge in [0.15, 0.2) is 5.78 Å². The van der Waals surface area contributed by atoms with Gasteiger partial charge in [-0.1, -0.05) is 66.7 Å². The summed E-state index contributed by atoms with van der Waals surface area (Å²) in [4.78, 5) is 42.9. The number of Topliss-reactive ketones (excluding diaryl/α,β-unsaturated/α-hetero) is 1. The molecule has 2 aliphatic carbocycles. The molecule has 4 atom stereocenters. The summed E-state index contributed by atoms with van der Waals surface area (Å²) in [5.74, 6) is -3.54. The number of anilines is 1. The second kappa shape index (κ2) is 7.51. The van der Waals surface area contributed by atoms with Gasteiger partial charge < -0.3 is 0 Å². The van der Waals surface area contributed by atoms with Crippen molar-refractivity contribution in [1.82, 2.24) is 0 Å². The molecule has 2 fully saturated rings. The summed E-state index contributed by atoms with van der Waals surface area (Å²) in [5.41, 5.74) is -0.799. The van der Waals surface area contributed by atoms with Gasteiger partial charge in [0.05, 0.1) is 33.9 Å². The van der Waals surface area contributed by atoms with Crippen LogP contribution in [0.3, 0.4) is 0 Å². The van der Waals surface area contributed by atoms with Crippen LogP contribution in [0, 0.1) is 22.7 Å². The minimum absolute atomic E-state index is 0.138. The lowest BCUT2D eigenvalue weighted by atomic mass is 9.63. The fourth-order valence-corrected chi connectivity index (χ4v) is 6.89. The maximum atomic E-state index is 14.2. The smallest absolute Gasteiger partial charge is 0.298 e. The van der Waals surface area contributed by atoms with Crippen LogP contribution in [0.4, 0.5) is 18.9 Å². The molecule has 186 valence electrons. The third kappa shape index (κ3) is 2.88. The van der Waals surface area contributed by atoms with Crippen LogP contribution in [-0.2, 0) is 20.6 Å². The minimum atomic E-state index is -4.63. The SMILES string of the molecule is C[C@]12C(=O)[C@](C)(C(c3ccccc3)=C1c1ccccc1)[C@H]1C(=O)N(c3cccc(C(F)(F)F)c3)C(=O)[C@@H]12. The summed E-state index contributed by atoms with van der Waals surface area (Å²) in [6, 6.07) is 22.8. The highest BCUT2D eigenvalue weighted by atomic mass is 19.4. The number of imide groups is 1. The first-order chi connectivity index (χ1) is 17.5. The zero-order chi connectivity index (χ0) is 26.3. The predicted octanol–water partition coefficient (Wildman–Crippen LogP) is 6.03. The van der Waals surface area contributed by atoms with Crippen LogP contribution in [0.25, 0.3) is 11.1 Å². The molecule has 4 nitrogen and oxygen atoms in total. The Labute approximate surface area is 211 Å². The van der Waals surface area contributed by atoms with Gasteiger partial charge in [-0.25, -0.2) is 4.90 Å². The van der Waals surface area contributed by atoms with Crippen molar-refractivity contribution in [2.75, 3.05) is 4.90 Å². The molecule has 0 unspecified atom stereocenters. The molecule has 1 saturated carbocycles. The van der Waals surface area contributed by atoms with Gasteiger partial charge in [-0.3, -0.25) is 14.4 Å². The Morgan fingerprint density at radius 1 is 0.676 bits per heavy atom. The van der Waals surface area contributed by atoms with E-state index in [0.29, 0.717) is 11.1 Å². The second-order valence-electron chi connectivity index (χ2n) is 10.2. The Hall–Kier alpha value is -4.00. The average molecular weight is 502 g/mol. The minimum Gasteiger partial charge on any atom is -0.298 e. The number of hydrogen-bond donors (Lipinski definition) is 0. The van der Waals surface area contributed by atoms with E-state index in [1.807, 2.05) is 60.7 Å². The van der Waals surface area contributed by atoms with Gasteiger partial charge in [-0.15, -0.1) is 0 Å². The Morgan fingerprint density at radius 2 is 1.14 bits per heavy atom. The zero-order valence-corrected chi connectivity index (χ0v) is 20.0. The Morgan fingerprint density at radius 3 is 1.57 bits per heavy atom. The number of halogens is 3. The highest BCUT2D eigenvalue weighted by Gasteiger charge is 2.78. The van der Waals surface area contributed by atoms with E-state index in [2.05, 4.69) is 0 Å². The molecule has 1 saturated heterocycles. The summed E-state index contributed by atoms with van der Waals surface area (Å²) < 4.78 is 40.3. The lowest BCUT2D eigenvalue weighted by Gasteiger charge is -2.35. The number of ketones is 1. The van der Waals surface area contributed by atoms with Crippen molar-refractivity contribution in [1.29, 1.82) is 0 Å². The highest BCUT2D eigenvalue weighted by molar-refractivity contribution is 6.34. The number of allylic oxidation sites excluding steroid dienone is 2. The molecular formula is C30H22F3NO3. The fourth-order valence-electron chi connectivity index (χ4n) is 6.89. The Kier molecular flexibility index (Phi) is 4.75. The molecule has 0 aromatic heterocycles. The molecule has 6 rings (SSSR count). The molecule has 0 spiro atoms. The van der Waals surface area contributed by atoms with Gasteiger partial charge in [0, 0.05) is 0 Å². The van der Waals surface area contributed by atoms with Gasteiger partial charge in [-0.05, 0) is 54.3 Å². The van der Waals surface area contributed by atoms with Crippen molar-refractivity contribution in [3.8, 4) is 0 Å². The largest absolute Gasteiger partial charge is 0.416 e. The first kappa shape index (κ1) is 23.4.